The molecule has 3 fully saturated rings. The van der Waals surface area contributed by atoms with Crippen LogP contribution in [0.15, 0.2) is 42.5 Å². The van der Waals surface area contributed by atoms with Crippen LogP contribution >= 0.6 is 11.6 Å². The van der Waals surface area contributed by atoms with Gasteiger partial charge in [0, 0.05) is 5.02 Å². The average molecular weight is 459 g/mol. The van der Waals surface area contributed by atoms with Gasteiger partial charge in [-0.2, -0.15) is 0 Å². The van der Waals surface area contributed by atoms with E-state index in [0.29, 0.717) is 28.3 Å². The highest BCUT2D eigenvalue weighted by Gasteiger charge is 2.48. The fraction of sp³-hybridized carbons (Fsp3) is 0.538. The van der Waals surface area contributed by atoms with Gasteiger partial charge in [-0.05, 0) is 71.8 Å². The molecule has 1 aliphatic heterocycles. The number of aliphatic hydroxyl groups excluding tert-OH is 4. The quantitative estimate of drug-likeness (QED) is 0.550. The van der Waals surface area contributed by atoms with Crippen LogP contribution in [0, 0.1) is 5.41 Å². The minimum absolute atomic E-state index is 0.448. The van der Waals surface area contributed by atoms with Gasteiger partial charge in [-0.3, -0.25) is 0 Å². The van der Waals surface area contributed by atoms with E-state index in [0.717, 1.165) is 11.1 Å². The van der Waals surface area contributed by atoms with Crippen molar-refractivity contribution in [2.45, 2.75) is 75.0 Å². The molecule has 5 rings (SSSR count). The molecule has 0 amide bonds. The largest absolute Gasteiger partial charge is 0.394 e. The van der Waals surface area contributed by atoms with E-state index in [-0.39, 0.29) is 0 Å². The Bertz CT molecular complexity index is 947. The molecular formula is C26H31ClO5. The first kappa shape index (κ1) is 22.3. The van der Waals surface area contributed by atoms with Gasteiger partial charge in [0.15, 0.2) is 0 Å². The molecule has 1 unspecified atom stereocenters. The van der Waals surface area contributed by atoms with E-state index in [1.807, 2.05) is 6.07 Å². The van der Waals surface area contributed by atoms with Crippen molar-refractivity contribution in [3.63, 3.8) is 0 Å². The third-order valence-corrected chi connectivity index (χ3v) is 8.28. The van der Waals surface area contributed by atoms with Crippen LogP contribution in [0.4, 0.5) is 0 Å². The molecule has 1 spiro atoms. The summed E-state index contributed by atoms with van der Waals surface area (Å²) >= 11 is 6.46. The second-order valence-corrected chi connectivity index (χ2v) is 10.4. The molecule has 0 bridgehead atoms. The molecule has 0 aromatic heterocycles. The molecule has 0 radical (unpaired) electrons. The standard InChI is InChI=1S/C26H31ClO5/c27-20-7-6-17(25-24(31)23(30)22(29)21(14-28)32-25)11-18(20)10-15-2-4-16(5-3-15)19-12-26(13-19)8-1-9-26/h2-7,11,19,21-25,28-31H,1,8-10,12-14H2/t21-,22-,23+,24-,25?/m1/s1. The number of hydrogen-bond donors (Lipinski definition) is 4. The molecule has 172 valence electrons. The Morgan fingerprint density at radius 1 is 0.906 bits per heavy atom. The molecule has 2 aromatic carbocycles. The lowest BCUT2D eigenvalue weighted by Crippen LogP contribution is -2.55. The van der Waals surface area contributed by atoms with Crippen molar-refractivity contribution in [2.75, 3.05) is 6.61 Å². The highest BCUT2D eigenvalue weighted by atomic mass is 35.5. The summed E-state index contributed by atoms with van der Waals surface area (Å²) in [6, 6.07) is 14.2. The molecule has 4 N–H and O–H groups in total. The van der Waals surface area contributed by atoms with Crippen LogP contribution in [0.1, 0.15) is 66.4 Å². The summed E-state index contributed by atoms with van der Waals surface area (Å²) in [5.74, 6) is 0.697. The van der Waals surface area contributed by atoms with Crippen molar-refractivity contribution in [1.29, 1.82) is 0 Å². The maximum absolute atomic E-state index is 10.4. The zero-order valence-corrected chi connectivity index (χ0v) is 18.8. The zero-order valence-electron chi connectivity index (χ0n) is 18.0. The highest BCUT2D eigenvalue weighted by Crippen LogP contribution is 2.61. The lowest BCUT2D eigenvalue weighted by molar-refractivity contribution is -0.231. The first-order valence-electron chi connectivity index (χ1n) is 11.6. The van der Waals surface area contributed by atoms with E-state index in [2.05, 4.69) is 24.3 Å². The van der Waals surface area contributed by atoms with Crippen LogP contribution in [-0.4, -0.2) is 51.4 Å². The van der Waals surface area contributed by atoms with Crippen LogP contribution in [0.2, 0.25) is 5.02 Å². The predicted molar refractivity (Wildman–Crippen MR) is 122 cm³/mol. The minimum Gasteiger partial charge on any atom is -0.394 e. The Hall–Kier alpha value is -1.47. The Balaban J connectivity index is 1.30. The van der Waals surface area contributed by atoms with Gasteiger partial charge in [-0.15, -0.1) is 0 Å². The summed E-state index contributed by atoms with van der Waals surface area (Å²) in [4.78, 5) is 0. The lowest BCUT2D eigenvalue weighted by atomic mass is 9.51. The van der Waals surface area contributed by atoms with Gasteiger partial charge in [0.05, 0.1) is 6.61 Å². The van der Waals surface area contributed by atoms with Gasteiger partial charge in [-0.25, -0.2) is 0 Å². The number of halogens is 1. The summed E-state index contributed by atoms with van der Waals surface area (Å²) in [5, 5.41) is 40.7. The van der Waals surface area contributed by atoms with Crippen LogP contribution < -0.4 is 0 Å². The minimum atomic E-state index is -1.40. The molecular weight excluding hydrogens is 428 g/mol. The van der Waals surface area contributed by atoms with Crippen molar-refractivity contribution >= 4 is 11.6 Å². The third-order valence-electron chi connectivity index (χ3n) is 7.91. The van der Waals surface area contributed by atoms with E-state index < -0.39 is 37.1 Å². The number of rotatable bonds is 5. The van der Waals surface area contributed by atoms with Crippen molar-refractivity contribution < 1.29 is 25.2 Å². The molecule has 1 saturated heterocycles. The third kappa shape index (κ3) is 4.00. The molecule has 1 heterocycles. The number of hydrogen-bond acceptors (Lipinski definition) is 5. The number of aliphatic hydroxyl groups is 4. The number of benzene rings is 2. The Kier molecular flexibility index (Phi) is 6.08. The fourth-order valence-corrected chi connectivity index (χ4v) is 5.90. The highest BCUT2D eigenvalue weighted by molar-refractivity contribution is 6.31. The molecule has 2 saturated carbocycles. The van der Waals surface area contributed by atoms with E-state index in [4.69, 9.17) is 16.3 Å². The molecule has 3 aliphatic rings. The molecule has 5 nitrogen and oxygen atoms in total. The van der Waals surface area contributed by atoms with E-state index in [9.17, 15) is 20.4 Å². The molecule has 2 aliphatic carbocycles. The molecule has 5 atom stereocenters. The van der Waals surface area contributed by atoms with E-state index in [1.165, 1.54) is 37.7 Å². The van der Waals surface area contributed by atoms with Gasteiger partial charge >= 0.3 is 0 Å². The topological polar surface area (TPSA) is 90.2 Å². The molecule has 2 aromatic rings. The first-order chi connectivity index (χ1) is 15.4. The summed E-state index contributed by atoms with van der Waals surface area (Å²) in [6.07, 6.45) is 1.65. The normalized spacial score (nSPS) is 31.8. The Labute approximate surface area is 193 Å². The summed E-state index contributed by atoms with van der Waals surface area (Å²) in [5.41, 5.74) is 4.79. The Morgan fingerprint density at radius 2 is 1.59 bits per heavy atom. The smallest absolute Gasteiger partial charge is 0.113 e. The summed E-state index contributed by atoms with van der Waals surface area (Å²) in [7, 11) is 0. The zero-order chi connectivity index (χ0) is 22.5. The lowest BCUT2D eigenvalue weighted by Gasteiger charge is -2.54. The van der Waals surface area contributed by atoms with Crippen molar-refractivity contribution in [1.82, 2.24) is 0 Å². The van der Waals surface area contributed by atoms with Crippen molar-refractivity contribution in [2.24, 2.45) is 5.41 Å². The maximum Gasteiger partial charge on any atom is 0.113 e. The maximum atomic E-state index is 10.4. The first-order valence-corrected chi connectivity index (χ1v) is 11.9. The average Bonchev–Trinajstić information content (AvgIpc) is 2.73. The van der Waals surface area contributed by atoms with Gasteiger partial charge in [0.25, 0.3) is 0 Å². The van der Waals surface area contributed by atoms with Gasteiger partial charge in [-0.1, -0.05) is 54.4 Å². The Morgan fingerprint density at radius 3 is 2.22 bits per heavy atom. The second-order valence-electron chi connectivity index (χ2n) is 9.98. The van der Waals surface area contributed by atoms with E-state index in [1.54, 1.807) is 12.1 Å². The summed E-state index contributed by atoms with van der Waals surface area (Å²) < 4.78 is 5.70. The van der Waals surface area contributed by atoms with E-state index >= 15 is 0 Å². The fourth-order valence-electron chi connectivity index (χ4n) is 5.72. The van der Waals surface area contributed by atoms with Crippen molar-refractivity contribution in [3.05, 3.63) is 69.7 Å². The van der Waals surface area contributed by atoms with Crippen LogP contribution in [0.5, 0.6) is 0 Å². The van der Waals surface area contributed by atoms with Gasteiger partial charge in [0.2, 0.25) is 0 Å². The van der Waals surface area contributed by atoms with Gasteiger partial charge in [0.1, 0.15) is 30.5 Å². The van der Waals surface area contributed by atoms with Gasteiger partial charge < -0.3 is 25.2 Å². The van der Waals surface area contributed by atoms with Crippen LogP contribution in [-0.2, 0) is 11.2 Å². The SMILES string of the molecule is OC[C@H]1OC(c2ccc(Cl)c(Cc3ccc(C4CC5(CCC5)C4)cc3)c2)[C@H](O)[C@@H](O)[C@@H]1O. The molecule has 6 heteroatoms. The van der Waals surface area contributed by atoms with Crippen molar-refractivity contribution in [3.8, 4) is 0 Å². The number of ether oxygens (including phenoxy) is 1. The van der Waals surface area contributed by atoms with Crippen LogP contribution in [0.25, 0.3) is 0 Å². The monoisotopic (exact) mass is 458 g/mol. The molecule has 32 heavy (non-hydrogen) atoms. The predicted octanol–water partition coefficient (Wildman–Crippen LogP) is 3.49. The summed E-state index contributed by atoms with van der Waals surface area (Å²) in [6.45, 7) is -0.448. The second kappa shape index (κ2) is 8.71. The van der Waals surface area contributed by atoms with Crippen LogP contribution in [0.3, 0.4) is 0 Å².